The summed E-state index contributed by atoms with van der Waals surface area (Å²) in [6.45, 7) is 2.21. The smallest absolute Gasteiger partial charge is 0.273 e. The second-order valence-corrected chi connectivity index (χ2v) is 4.12. The third kappa shape index (κ3) is 3.78. The van der Waals surface area contributed by atoms with Crippen LogP contribution in [0, 0.1) is 10.1 Å². The Morgan fingerprint density at radius 3 is 2.79 bits per heavy atom. The van der Waals surface area contributed by atoms with Gasteiger partial charge in [0.05, 0.1) is 36.5 Å². The van der Waals surface area contributed by atoms with E-state index < -0.39 is 4.92 Å². The average molecular weight is 268 g/mol. The molecular weight excluding hydrogens is 252 g/mol. The molecule has 1 unspecified atom stereocenters. The third-order valence-corrected chi connectivity index (χ3v) is 2.71. The standard InChI is InChI=1S/C11H16N4O4/c12-14-9-3-8(4-10(5-9)15(16)17)13-6-11-7-18-1-2-19-11/h3-5,11,13-14H,1-2,6-7,12H2. The monoisotopic (exact) mass is 268 g/mol. The molecule has 0 saturated carbocycles. The van der Waals surface area contributed by atoms with Gasteiger partial charge in [-0.15, -0.1) is 0 Å². The Bertz CT molecular complexity index is 448. The molecule has 104 valence electrons. The molecule has 8 heteroatoms. The Hall–Kier alpha value is -1.90. The zero-order valence-corrected chi connectivity index (χ0v) is 10.3. The SMILES string of the molecule is NNc1cc(NCC2COCCO2)cc([N+](=O)[O-])c1. The highest BCUT2D eigenvalue weighted by atomic mass is 16.6. The summed E-state index contributed by atoms with van der Waals surface area (Å²) in [5.41, 5.74) is 3.45. The van der Waals surface area contributed by atoms with Crippen molar-refractivity contribution < 1.29 is 14.4 Å². The number of benzene rings is 1. The van der Waals surface area contributed by atoms with Gasteiger partial charge in [-0.2, -0.15) is 0 Å². The molecule has 0 spiro atoms. The Labute approximate surface area is 110 Å². The number of nitrogens with one attached hydrogen (secondary N) is 2. The topological polar surface area (TPSA) is 112 Å². The fourth-order valence-corrected chi connectivity index (χ4v) is 1.79. The predicted octanol–water partition coefficient (Wildman–Crippen LogP) is 0.708. The van der Waals surface area contributed by atoms with Crippen LogP contribution in [0.3, 0.4) is 0 Å². The number of nitro benzene ring substituents is 1. The van der Waals surface area contributed by atoms with Gasteiger partial charge in [-0.25, -0.2) is 0 Å². The van der Waals surface area contributed by atoms with Crippen molar-refractivity contribution in [3.63, 3.8) is 0 Å². The number of hydrogen-bond donors (Lipinski definition) is 3. The van der Waals surface area contributed by atoms with Gasteiger partial charge >= 0.3 is 0 Å². The van der Waals surface area contributed by atoms with E-state index in [1.165, 1.54) is 12.1 Å². The normalized spacial score (nSPS) is 18.9. The molecule has 1 saturated heterocycles. The second kappa shape index (κ2) is 6.32. The van der Waals surface area contributed by atoms with Gasteiger partial charge in [-0.05, 0) is 6.07 Å². The van der Waals surface area contributed by atoms with Gasteiger partial charge in [0, 0.05) is 24.4 Å². The highest BCUT2D eigenvalue weighted by molar-refractivity contribution is 5.63. The molecule has 0 amide bonds. The highest BCUT2D eigenvalue weighted by Gasteiger charge is 2.15. The van der Waals surface area contributed by atoms with E-state index in [-0.39, 0.29) is 11.8 Å². The van der Waals surface area contributed by atoms with E-state index in [0.29, 0.717) is 37.7 Å². The summed E-state index contributed by atoms with van der Waals surface area (Å²) in [4.78, 5) is 10.3. The minimum atomic E-state index is -0.466. The van der Waals surface area contributed by atoms with Gasteiger partial charge in [-0.1, -0.05) is 0 Å². The molecule has 1 atom stereocenters. The Morgan fingerprint density at radius 1 is 1.37 bits per heavy atom. The van der Waals surface area contributed by atoms with Crippen molar-refractivity contribution in [3.8, 4) is 0 Å². The summed E-state index contributed by atoms with van der Waals surface area (Å²) >= 11 is 0. The van der Waals surface area contributed by atoms with Crippen LogP contribution in [0.5, 0.6) is 0 Å². The number of nitrogens with zero attached hydrogens (tertiary/aromatic N) is 1. The first kappa shape index (κ1) is 13.5. The molecule has 1 heterocycles. The van der Waals surface area contributed by atoms with Crippen LogP contribution >= 0.6 is 0 Å². The molecule has 19 heavy (non-hydrogen) atoms. The van der Waals surface area contributed by atoms with Gasteiger partial charge in [0.2, 0.25) is 0 Å². The quantitative estimate of drug-likeness (QED) is 0.409. The first-order chi connectivity index (χ1) is 9.19. The van der Waals surface area contributed by atoms with Crippen molar-refractivity contribution in [2.45, 2.75) is 6.10 Å². The molecule has 1 aromatic rings. The number of rotatable bonds is 5. The number of hydrogen-bond acceptors (Lipinski definition) is 7. The number of hydrazine groups is 1. The van der Waals surface area contributed by atoms with Crippen LogP contribution in [0.4, 0.5) is 17.1 Å². The summed E-state index contributed by atoms with van der Waals surface area (Å²) in [6, 6.07) is 4.51. The second-order valence-electron chi connectivity index (χ2n) is 4.12. The molecule has 2 rings (SSSR count). The Balaban J connectivity index is 2.02. The molecule has 0 radical (unpaired) electrons. The molecule has 0 bridgehead atoms. The van der Waals surface area contributed by atoms with Crippen LogP contribution in [0.25, 0.3) is 0 Å². The maximum atomic E-state index is 10.8. The van der Waals surface area contributed by atoms with Gasteiger partial charge in [-0.3, -0.25) is 16.0 Å². The summed E-state index contributed by atoms with van der Waals surface area (Å²) in [7, 11) is 0. The van der Waals surface area contributed by atoms with Crippen LogP contribution < -0.4 is 16.6 Å². The third-order valence-electron chi connectivity index (χ3n) is 2.71. The fourth-order valence-electron chi connectivity index (χ4n) is 1.79. The highest BCUT2D eigenvalue weighted by Crippen LogP contribution is 2.23. The van der Waals surface area contributed by atoms with Crippen molar-refractivity contribution in [2.24, 2.45) is 5.84 Å². The lowest BCUT2D eigenvalue weighted by molar-refractivity contribution is -0.384. The van der Waals surface area contributed by atoms with Crippen molar-refractivity contribution in [1.29, 1.82) is 0 Å². The predicted molar refractivity (Wildman–Crippen MR) is 70.0 cm³/mol. The summed E-state index contributed by atoms with van der Waals surface area (Å²) in [6.07, 6.45) is -0.0534. The van der Waals surface area contributed by atoms with E-state index >= 15 is 0 Å². The van der Waals surface area contributed by atoms with Crippen molar-refractivity contribution in [1.82, 2.24) is 0 Å². The molecule has 1 aliphatic heterocycles. The molecule has 1 fully saturated rings. The number of anilines is 2. The number of nitrogen functional groups attached to an aromatic ring is 1. The number of ether oxygens (including phenoxy) is 2. The molecule has 1 aliphatic rings. The van der Waals surface area contributed by atoms with Crippen LogP contribution in [-0.4, -0.2) is 37.4 Å². The lowest BCUT2D eigenvalue weighted by atomic mass is 10.2. The van der Waals surface area contributed by atoms with Crippen molar-refractivity contribution >= 4 is 17.1 Å². The molecule has 0 aromatic heterocycles. The largest absolute Gasteiger partial charge is 0.382 e. The summed E-state index contributed by atoms with van der Waals surface area (Å²) in [5.74, 6) is 5.28. The van der Waals surface area contributed by atoms with Gasteiger partial charge in [0.1, 0.15) is 0 Å². The van der Waals surface area contributed by atoms with E-state index in [4.69, 9.17) is 15.3 Å². The van der Waals surface area contributed by atoms with Gasteiger partial charge < -0.3 is 20.2 Å². The lowest BCUT2D eigenvalue weighted by Gasteiger charge is -2.23. The van der Waals surface area contributed by atoms with Crippen LogP contribution in [0.2, 0.25) is 0 Å². The minimum absolute atomic E-state index is 0.0289. The molecule has 0 aliphatic carbocycles. The zero-order valence-electron chi connectivity index (χ0n) is 10.3. The Kier molecular flexibility index (Phi) is 4.50. The van der Waals surface area contributed by atoms with Crippen LogP contribution in [0.1, 0.15) is 0 Å². The maximum Gasteiger partial charge on any atom is 0.273 e. The van der Waals surface area contributed by atoms with E-state index in [1.807, 2.05) is 0 Å². The number of non-ortho nitro benzene ring substituents is 1. The number of nitro groups is 1. The first-order valence-corrected chi connectivity index (χ1v) is 5.88. The van der Waals surface area contributed by atoms with Crippen molar-refractivity contribution in [3.05, 3.63) is 28.3 Å². The summed E-state index contributed by atoms with van der Waals surface area (Å²) in [5, 5.41) is 13.9. The fraction of sp³-hybridized carbons (Fsp3) is 0.455. The zero-order chi connectivity index (χ0) is 13.7. The first-order valence-electron chi connectivity index (χ1n) is 5.88. The average Bonchev–Trinajstić information content (AvgIpc) is 2.45. The minimum Gasteiger partial charge on any atom is -0.382 e. The van der Waals surface area contributed by atoms with Gasteiger partial charge in [0.15, 0.2) is 0 Å². The molecule has 8 nitrogen and oxygen atoms in total. The van der Waals surface area contributed by atoms with Crippen LogP contribution in [0.15, 0.2) is 18.2 Å². The molecule has 1 aromatic carbocycles. The Morgan fingerprint density at radius 2 is 2.16 bits per heavy atom. The van der Waals surface area contributed by atoms with E-state index in [1.54, 1.807) is 6.07 Å². The van der Waals surface area contributed by atoms with E-state index in [9.17, 15) is 10.1 Å². The lowest BCUT2D eigenvalue weighted by Crippen LogP contribution is -2.34. The van der Waals surface area contributed by atoms with Crippen LogP contribution in [-0.2, 0) is 9.47 Å². The number of nitrogens with two attached hydrogens (primary N) is 1. The van der Waals surface area contributed by atoms with Gasteiger partial charge in [0.25, 0.3) is 5.69 Å². The molecular formula is C11H16N4O4. The molecule has 4 N–H and O–H groups in total. The maximum absolute atomic E-state index is 10.8. The summed E-state index contributed by atoms with van der Waals surface area (Å²) < 4.78 is 10.7. The van der Waals surface area contributed by atoms with E-state index in [0.717, 1.165) is 0 Å². The van der Waals surface area contributed by atoms with Crippen molar-refractivity contribution in [2.75, 3.05) is 37.1 Å². The van der Waals surface area contributed by atoms with E-state index in [2.05, 4.69) is 10.7 Å².